The van der Waals surface area contributed by atoms with Crippen molar-refractivity contribution in [3.8, 4) is 11.5 Å². The van der Waals surface area contributed by atoms with Crippen molar-refractivity contribution in [1.29, 1.82) is 0 Å². The van der Waals surface area contributed by atoms with Crippen LogP contribution in [0.3, 0.4) is 0 Å². The van der Waals surface area contributed by atoms with Crippen molar-refractivity contribution in [3.05, 3.63) is 60.2 Å². The van der Waals surface area contributed by atoms with Gasteiger partial charge in [0.05, 0.1) is 6.54 Å². The zero-order valence-corrected chi connectivity index (χ0v) is 13.9. The minimum absolute atomic E-state index is 0.0358. The Morgan fingerprint density at radius 2 is 1.83 bits per heavy atom. The van der Waals surface area contributed by atoms with Crippen molar-refractivity contribution in [2.45, 2.75) is 12.6 Å². The third-order valence-electron chi connectivity index (χ3n) is 3.68. The molecule has 0 amide bonds. The van der Waals surface area contributed by atoms with Crippen LogP contribution in [0.4, 0.5) is 0 Å². The van der Waals surface area contributed by atoms with Crippen molar-refractivity contribution in [2.75, 3.05) is 20.2 Å². The van der Waals surface area contributed by atoms with Crippen molar-refractivity contribution in [1.82, 2.24) is 10.2 Å². The lowest BCUT2D eigenvalue weighted by molar-refractivity contribution is 0.0779. The quantitative estimate of drug-likeness (QED) is 0.873. The first kappa shape index (κ1) is 15.6. The van der Waals surface area contributed by atoms with E-state index in [-0.39, 0.29) is 6.10 Å². The van der Waals surface area contributed by atoms with Crippen LogP contribution in [0.15, 0.2) is 54.6 Å². The average molecular weight is 328 g/mol. The van der Waals surface area contributed by atoms with Gasteiger partial charge in [-0.25, -0.2) is 0 Å². The highest BCUT2D eigenvalue weighted by atomic mass is 32.1. The lowest BCUT2D eigenvalue weighted by atomic mass is 10.2. The summed E-state index contributed by atoms with van der Waals surface area (Å²) in [6, 6.07) is 17.9. The average Bonchev–Trinajstić information content (AvgIpc) is 2.60. The number of para-hydroxylation sites is 2. The second-order valence-corrected chi connectivity index (χ2v) is 5.91. The van der Waals surface area contributed by atoms with Crippen LogP contribution in [0.2, 0.25) is 0 Å². The van der Waals surface area contributed by atoms with E-state index in [1.807, 2.05) is 54.4 Å². The lowest BCUT2D eigenvalue weighted by Gasteiger charge is -2.30. The standard InChI is InChI=1S/C18H20N2O2S/c1-20(18(23)19-11-14-7-3-2-4-8-14)12-15-13-21-16-9-5-6-10-17(16)22-15/h2-10,15H,11-13H2,1H3,(H,19,23). The number of thiocarbonyl (C=S) groups is 1. The maximum atomic E-state index is 5.96. The molecule has 0 spiro atoms. The molecule has 3 rings (SSSR count). The SMILES string of the molecule is CN(CC1COc2ccccc2O1)C(=S)NCc1ccccc1. The number of nitrogens with zero attached hydrogens (tertiary/aromatic N) is 1. The Labute approximate surface area is 142 Å². The Hall–Kier alpha value is -2.27. The number of nitrogens with one attached hydrogen (secondary N) is 1. The van der Waals surface area contributed by atoms with E-state index in [0.717, 1.165) is 18.0 Å². The first-order valence-corrected chi connectivity index (χ1v) is 8.04. The Morgan fingerprint density at radius 1 is 1.13 bits per heavy atom. The maximum Gasteiger partial charge on any atom is 0.169 e. The van der Waals surface area contributed by atoms with Gasteiger partial charge in [-0.1, -0.05) is 42.5 Å². The smallest absolute Gasteiger partial charge is 0.169 e. The van der Waals surface area contributed by atoms with Crippen molar-refractivity contribution in [3.63, 3.8) is 0 Å². The zero-order chi connectivity index (χ0) is 16.1. The van der Waals surface area contributed by atoms with Gasteiger partial charge in [0.2, 0.25) is 0 Å². The number of likely N-dealkylation sites (N-methyl/N-ethyl adjacent to an activating group) is 1. The second kappa shape index (κ2) is 7.33. The minimum Gasteiger partial charge on any atom is -0.486 e. The van der Waals surface area contributed by atoms with Crippen LogP contribution in [-0.2, 0) is 6.54 Å². The molecule has 0 saturated carbocycles. The topological polar surface area (TPSA) is 33.7 Å². The molecular weight excluding hydrogens is 308 g/mol. The van der Waals surface area contributed by atoms with Gasteiger partial charge < -0.3 is 19.7 Å². The van der Waals surface area contributed by atoms with Gasteiger partial charge >= 0.3 is 0 Å². The van der Waals surface area contributed by atoms with E-state index >= 15 is 0 Å². The molecule has 5 heteroatoms. The highest BCUT2D eigenvalue weighted by molar-refractivity contribution is 7.80. The molecule has 2 aromatic carbocycles. The number of hydrogen-bond donors (Lipinski definition) is 1. The van der Waals surface area contributed by atoms with E-state index in [2.05, 4.69) is 17.4 Å². The Bertz CT molecular complexity index is 663. The summed E-state index contributed by atoms with van der Waals surface area (Å²) < 4.78 is 11.7. The molecule has 1 atom stereocenters. The number of hydrogen-bond acceptors (Lipinski definition) is 3. The highest BCUT2D eigenvalue weighted by Crippen LogP contribution is 2.30. The molecule has 1 N–H and O–H groups in total. The van der Waals surface area contributed by atoms with E-state index in [9.17, 15) is 0 Å². The normalized spacial score (nSPS) is 15.8. The fraction of sp³-hybridized carbons (Fsp3) is 0.278. The van der Waals surface area contributed by atoms with Gasteiger partial charge in [-0.15, -0.1) is 0 Å². The molecule has 0 saturated heterocycles. The first-order chi connectivity index (χ1) is 11.2. The Kier molecular flexibility index (Phi) is 4.98. The number of ether oxygens (including phenoxy) is 2. The van der Waals surface area contributed by atoms with Gasteiger partial charge in [-0.2, -0.15) is 0 Å². The predicted octanol–water partition coefficient (Wildman–Crippen LogP) is 2.83. The third-order valence-corrected chi connectivity index (χ3v) is 4.13. The molecular formula is C18H20N2O2S. The van der Waals surface area contributed by atoms with Crippen molar-refractivity contribution >= 4 is 17.3 Å². The van der Waals surface area contributed by atoms with Crippen LogP contribution in [0.5, 0.6) is 11.5 Å². The molecule has 0 radical (unpaired) electrons. The van der Waals surface area contributed by atoms with Gasteiger partial charge in [0.25, 0.3) is 0 Å². The van der Waals surface area contributed by atoms with Gasteiger partial charge in [-0.05, 0) is 29.9 Å². The van der Waals surface area contributed by atoms with Crippen molar-refractivity contribution < 1.29 is 9.47 Å². The van der Waals surface area contributed by atoms with Crippen LogP contribution in [-0.4, -0.2) is 36.3 Å². The summed E-state index contributed by atoms with van der Waals surface area (Å²) in [6.07, 6.45) is -0.0358. The number of rotatable bonds is 4. The minimum atomic E-state index is -0.0358. The molecule has 0 fully saturated rings. The largest absolute Gasteiger partial charge is 0.486 e. The summed E-state index contributed by atoms with van der Waals surface area (Å²) in [7, 11) is 1.96. The summed E-state index contributed by atoms with van der Waals surface area (Å²) in [5.41, 5.74) is 1.20. The van der Waals surface area contributed by atoms with Gasteiger partial charge in [-0.3, -0.25) is 0 Å². The van der Waals surface area contributed by atoms with E-state index in [1.54, 1.807) is 0 Å². The lowest BCUT2D eigenvalue weighted by Crippen LogP contribution is -2.45. The molecule has 0 bridgehead atoms. The Morgan fingerprint density at radius 3 is 2.61 bits per heavy atom. The number of benzene rings is 2. The van der Waals surface area contributed by atoms with Gasteiger partial charge in [0.15, 0.2) is 22.7 Å². The highest BCUT2D eigenvalue weighted by Gasteiger charge is 2.22. The molecule has 2 aromatic rings. The van der Waals surface area contributed by atoms with E-state index in [1.165, 1.54) is 5.56 Å². The Balaban J connectivity index is 1.49. The van der Waals surface area contributed by atoms with Crippen LogP contribution in [0.25, 0.3) is 0 Å². The molecule has 0 aliphatic carbocycles. The van der Waals surface area contributed by atoms with Crippen LogP contribution < -0.4 is 14.8 Å². The van der Waals surface area contributed by atoms with Crippen LogP contribution in [0.1, 0.15) is 5.56 Å². The molecule has 1 aliphatic rings. The molecule has 4 nitrogen and oxygen atoms in total. The fourth-order valence-electron chi connectivity index (χ4n) is 2.45. The molecule has 120 valence electrons. The van der Waals surface area contributed by atoms with E-state index in [4.69, 9.17) is 21.7 Å². The first-order valence-electron chi connectivity index (χ1n) is 7.64. The fourth-order valence-corrected chi connectivity index (χ4v) is 2.60. The number of fused-ring (bicyclic) bond motifs is 1. The summed E-state index contributed by atoms with van der Waals surface area (Å²) in [6.45, 7) is 1.92. The van der Waals surface area contributed by atoms with Crippen LogP contribution >= 0.6 is 12.2 Å². The monoisotopic (exact) mass is 328 g/mol. The van der Waals surface area contributed by atoms with Gasteiger partial charge in [0, 0.05) is 13.6 Å². The maximum absolute atomic E-state index is 5.96. The van der Waals surface area contributed by atoms with E-state index in [0.29, 0.717) is 18.3 Å². The van der Waals surface area contributed by atoms with Gasteiger partial charge in [0.1, 0.15) is 6.61 Å². The summed E-state index contributed by atoms with van der Waals surface area (Å²) in [4.78, 5) is 1.99. The second-order valence-electron chi connectivity index (χ2n) is 5.52. The molecule has 1 heterocycles. The third kappa shape index (κ3) is 4.13. The van der Waals surface area contributed by atoms with E-state index < -0.39 is 0 Å². The molecule has 0 aromatic heterocycles. The summed E-state index contributed by atoms with van der Waals surface area (Å²) in [5, 5.41) is 3.97. The zero-order valence-electron chi connectivity index (χ0n) is 13.1. The van der Waals surface area contributed by atoms with Crippen LogP contribution in [0, 0.1) is 0 Å². The summed E-state index contributed by atoms with van der Waals surface area (Å²) in [5.74, 6) is 1.59. The molecule has 1 unspecified atom stereocenters. The van der Waals surface area contributed by atoms with Crippen molar-refractivity contribution in [2.24, 2.45) is 0 Å². The summed E-state index contributed by atoms with van der Waals surface area (Å²) >= 11 is 5.44. The predicted molar refractivity (Wildman–Crippen MR) is 94.9 cm³/mol. The molecule has 1 aliphatic heterocycles. The molecule has 23 heavy (non-hydrogen) atoms.